The minimum absolute atomic E-state index is 0.00719. The predicted molar refractivity (Wildman–Crippen MR) is 119 cm³/mol. The number of carbonyl (C=O) groups is 2. The minimum Gasteiger partial charge on any atom is -0.444 e. The lowest BCUT2D eigenvalue weighted by Gasteiger charge is -2.33. The Morgan fingerprint density at radius 1 is 1.24 bits per heavy atom. The van der Waals surface area contributed by atoms with Crippen LogP contribution in [0.2, 0.25) is 0 Å². The maximum atomic E-state index is 12.9. The number of nitrogens with zero attached hydrogens (tertiary/aromatic N) is 2. The molecule has 3 atom stereocenters. The fourth-order valence-corrected chi connectivity index (χ4v) is 5.08. The molecule has 7 heteroatoms. The molecule has 1 heterocycles. The highest BCUT2D eigenvalue weighted by atomic mass is 32.2. The van der Waals surface area contributed by atoms with E-state index < -0.39 is 11.7 Å². The molecule has 1 aromatic carbocycles. The van der Waals surface area contributed by atoms with Crippen LogP contribution in [-0.4, -0.2) is 70.7 Å². The van der Waals surface area contributed by atoms with Crippen molar-refractivity contribution in [2.24, 2.45) is 0 Å². The predicted octanol–water partition coefficient (Wildman–Crippen LogP) is 3.36. The molecule has 0 aromatic heterocycles. The van der Waals surface area contributed by atoms with Gasteiger partial charge in [-0.2, -0.15) is 0 Å². The van der Waals surface area contributed by atoms with Crippen LogP contribution in [0.5, 0.6) is 0 Å². The van der Waals surface area contributed by atoms with Crippen LogP contribution in [0.4, 0.5) is 4.79 Å². The molecule has 1 unspecified atom stereocenters. The molecule has 0 radical (unpaired) electrons. The van der Waals surface area contributed by atoms with Gasteiger partial charge in [0.05, 0.1) is 17.5 Å². The maximum absolute atomic E-state index is 12.9. The topological polar surface area (TPSA) is 61.9 Å². The van der Waals surface area contributed by atoms with Crippen LogP contribution in [0.25, 0.3) is 0 Å². The maximum Gasteiger partial charge on any atom is 0.407 e. The first-order valence-corrected chi connectivity index (χ1v) is 11.4. The van der Waals surface area contributed by atoms with E-state index in [1.54, 1.807) is 11.8 Å². The summed E-state index contributed by atoms with van der Waals surface area (Å²) in [6.45, 7) is 11.0. The Morgan fingerprint density at radius 2 is 1.86 bits per heavy atom. The molecule has 1 saturated heterocycles. The van der Waals surface area contributed by atoms with Crippen molar-refractivity contribution in [3.63, 3.8) is 0 Å². The quantitative estimate of drug-likeness (QED) is 0.731. The van der Waals surface area contributed by atoms with E-state index in [-0.39, 0.29) is 23.4 Å². The minimum atomic E-state index is -0.558. The zero-order valence-corrected chi connectivity index (χ0v) is 19.3. The summed E-state index contributed by atoms with van der Waals surface area (Å²) in [5, 5.41) is 3.06. The third-order valence-corrected chi connectivity index (χ3v) is 6.53. The first-order valence-electron chi connectivity index (χ1n) is 10.3. The lowest BCUT2D eigenvalue weighted by Crippen LogP contribution is -2.53. The SMILES string of the molecule is CCN(CC)C(=O)[C@@H]1CSC([C@H](Cc2ccccc2)NC(=O)OC(C)(C)C)N1C. The third kappa shape index (κ3) is 6.64. The Balaban J connectivity index is 2.17. The van der Waals surface area contributed by atoms with E-state index in [9.17, 15) is 9.59 Å². The number of alkyl carbamates (subject to hydrolysis) is 1. The molecule has 1 aliphatic rings. The number of carbonyl (C=O) groups excluding carboxylic acids is 2. The van der Waals surface area contributed by atoms with Crippen molar-refractivity contribution in [2.75, 3.05) is 25.9 Å². The van der Waals surface area contributed by atoms with Crippen molar-refractivity contribution >= 4 is 23.8 Å². The highest BCUT2D eigenvalue weighted by molar-refractivity contribution is 8.00. The lowest BCUT2D eigenvalue weighted by molar-refractivity contribution is -0.135. The fraction of sp³-hybridized carbons (Fsp3) is 0.636. The number of benzene rings is 1. The Bertz CT molecular complexity index is 674. The van der Waals surface area contributed by atoms with Crippen molar-refractivity contribution in [3.05, 3.63) is 35.9 Å². The summed E-state index contributed by atoms with van der Waals surface area (Å²) < 4.78 is 5.50. The van der Waals surface area contributed by atoms with E-state index in [2.05, 4.69) is 22.3 Å². The summed E-state index contributed by atoms with van der Waals surface area (Å²) in [5.41, 5.74) is 0.582. The molecule has 0 spiro atoms. The van der Waals surface area contributed by atoms with E-state index in [0.717, 1.165) is 11.3 Å². The van der Waals surface area contributed by atoms with Crippen molar-refractivity contribution in [1.82, 2.24) is 15.1 Å². The number of nitrogens with one attached hydrogen (secondary N) is 1. The second kappa shape index (κ2) is 10.3. The zero-order valence-electron chi connectivity index (χ0n) is 18.5. The average Bonchev–Trinajstić information content (AvgIpc) is 3.02. The van der Waals surface area contributed by atoms with Crippen molar-refractivity contribution < 1.29 is 14.3 Å². The molecular formula is C22H35N3O3S. The summed E-state index contributed by atoms with van der Waals surface area (Å²) in [6.07, 6.45) is 0.250. The summed E-state index contributed by atoms with van der Waals surface area (Å²) >= 11 is 1.72. The van der Waals surface area contributed by atoms with Crippen molar-refractivity contribution in [3.8, 4) is 0 Å². The Hall–Kier alpha value is -1.73. The van der Waals surface area contributed by atoms with Crippen LogP contribution in [0.1, 0.15) is 40.2 Å². The molecule has 1 fully saturated rings. The highest BCUT2D eigenvalue weighted by Crippen LogP contribution is 2.32. The van der Waals surface area contributed by atoms with Crippen LogP contribution >= 0.6 is 11.8 Å². The molecule has 1 aromatic rings. The van der Waals surface area contributed by atoms with Crippen LogP contribution in [0.15, 0.2) is 30.3 Å². The van der Waals surface area contributed by atoms with Crippen LogP contribution < -0.4 is 5.32 Å². The Kier molecular flexibility index (Phi) is 8.40. The molecule has 1 N–H and O–H groups in total. The van der Waals surface area contributed by atoms with Crippen LogP contribution in [-0.2, 0) is 16.0 Å². The number of ether oxygens (including phenoxy) is 1. The Morgan fingerprint density at radius 3 is 2.41 bits per heavy atom. The summed E-state index contributed by atoms with van der Waals surface area (Å²) in [6, 6.07) is 9.75. The largest absolute Gasteiger partial charge is 0.444 e. The molecular weight excluding hydrogens is 386 g/mol. The first-order chi connectivity index (χ1) is 13.7. The normalized spacial score (nSPS) is 20.9. The summed E-state index contributed by atoms with van der Waals surface area (Å²) in [4.78, 5) is 29.4. The smallest absolute Gasteiger partial charge is 0.407 e. The number of thioether (sulfide) groups is 1. The monoisotopic (exact) mass is 421 g/mol. The molecule has 0 aliphatic carbocycles. The van der Waals surface area contributed by atoms with E-state index in [1.165, 1.54) is 0 Å². The van der Waals surface area contributed by atoms with Crippen molar-refractivity contribution in [1.29, 1.82) is 0 Å². The van der Waals surface area contributed by atoms with Gasteiger partial charge in [-0.3, -0.25) is 9.69 Å². The molecule has 0 bridgehead atoms. The van der Waals surface area contributed by atoms with Gasteiger partial charge in [-0.15, -0.1) is 11.8 Å². The third-order valence-electron chi connectivity index (χ3n) is 5.02. The van der Waals surface area contributed by atoms with E-state index in [4.69, 9.17) is 4.74 Å². The second-order valence-corrected chi connectivity index (χ2v) is 9.51. The summed E-state index contributed by atoms with van der Waals surface area (Å²) in [5.74, 6) is 0.876. The van der Waals surface area contributed by atoms with Gasteiger partial charge in [0.2, 0.25) is 5.91 Å². The molecule has 6 nitrogen and oxygen atoms in total. The first kappa shape index (κ1) is 23.5. The van der Waals surface area contributed by atoms with Gasteiger partial charge in [-0.05, 0) is 53.7 Å². The van der Waals surface area contributed by atoms with Gasteiger partial charge in [0.15, 0.2) is 0 Å². The van der Waals surface area contributed by atoms with E-state index >= 15 is 0 Å². The standard InChI is InChI=1S/C22H35N3O3S/c1-7-25(8-2)19(26)18-15-29-20(24(18)6)17(14-16-12-10-9-11-13-16)23-21(27)28-22(3,4)5/h9-13,17-18,20H,7-8,14-15H2,1-6H3,(H,23,27)/t17-,18-,20?/m0/s1. The zero-order chi connectivity index (χ0) is 21.6. The molecule has 29 heavy (non-hydrogen) atoms. The fourth-order valence-electron chi connectivity index (χ4n) is 3.54. The highest BCUT2D eigenvalue weighted by Gasteiger charge is 2.41. The van der Waals surface area contributed by atoms with Crippen LogP contribution in [0, 0.1) is 0 Å². The second-order valence-electron chi connectivity index (χ2n) is 8.36. The summed E-state index contributed by atoms with van der Waals surface area (Å²) in [7, 11) is 1.98. The average molecular weight is 422 g/mol. The Labute approximate surface area is 179 Å². The number of likely N-dealkylation sites (N-methyl/N-ethyl adjacent to an activating group) is 2. The number of hydrogen-bond donors (Lipinski definition) is 1. The molecule has 1 aliphatic heterocycles. The van der Waals surface area contributed by atoms with Gasteiger partial charge in [-0.25, -0.2) is 4.79 Å². The van der Waals surface area contributed by atoms with Crippen LogP contribution in [0.3, 0.4) is 0 Å². The number of hydrogen-bond acceptors (Lipinski definition) is 5. The lowest BCUT2D eigenvalue weighted by atomic mass is 10.0. The molecule has 2 amide bonds. The van der Waals surface area contributed by atoms with E-state index in [0.29, 0.717) is 19.5 Å². The molecule has 162 valence electrons. The van der Waals surface area contributed by atoms with Gasteiger partial charge in [0.1, 0.15) is 5.60 Å². The number of amides is 2. The number of rotatable bonds is 7. The van der Waals surface area contributed by atoms with E-state index in [1.807, 2.05) is 64.8 Å². The molecule has 2 rings (SSSR count). The van der Waals surface area contributed by atoms with Crippen molar-refractivity contribution in [2.45, 2.75) is 64.1 Å². The van der Waals surface area contributed by atoms with Gasteiger partial charge in [0, 0.05) is 18.8 Å². The van der Waals surface area contributed by atoms with Gasteiger partial charge in [0.25, 0.3) is 0 Å². The van der Waals surface area contributed by atoms with Gasteiger partial charge in [-0.1, -0.05) is 30.3 Å². The molecule has 0 saturated carbocycles. The van der Waals surface area contributed by atoms with Gasteiger partial charge >= 0.3 is 6.09 Å². The van der Waals surface area contributed by atoms with Gasteiger partial charge < -0.3 is 15.0 Å².